The lowest BCUT2D eigenvalue weighted by Crippen LogP contribution is -2.29. The Morgan fingerprint density at radius 1 is 0.905 bits per heavy atom. The lowest BCUT2D eigenvalue weighted by molar-refractivity contribution is -0.104. The van der Waals surface area contributed by atoms with Crippen LogP contribution in [0.1, 0.15) is 40.4 Å². The molecule has 11 nitrogen and oxygen atoms in total. The van der Waals surface area contributed by atoms with E-state index in [1.54, 1.807) is 24.3 Å². The highest BCUT2D eigenvalue weighted by Crippen LogP contribution is 2.53. The third kappa shape index (κ3) is 5.94. The van der Waals surface area contributed by atoms with Crippen LogP contribution in [0.15, 0.2) is 48.5 Å². The molecule has 0 spiro atoms. The zero-order valence-corrected chi connectivity index (χ0v) is 23.6. The van der Waals surface area contributed by atoms with Crippen LogP contribution < -0.4 is 28.4 Å². The molecule has 4 N–H and O–H groups in total. The van der Waals surface area contributed by atoms with Crippen LogP contribution in [0.25, 0.3) is 6.08 Å². The number of aliphatic hydroxyl groups excluding tert-OH is 3. The topological polar surface area (TPSA) is 153 Å². The van der Waals surface area contributed by atoms with Crippen molar-refractivity contribution < 1.29 is 53.6 Å². The lowest BCUT2D eigenvalue weighted by atomic mass is 9.90. The molecule has 1 aliphatic rings. The second-order valence-corrected chi connectivity index (χ2v) is 9.43. The Hall–Kier alpha value is -4.45. The van der Waals surface area contributed by atoms with E-state index < -0.39 is 30.8 Å². The van der Waals surface area contributed by atoms with Crippen LogP contribution in [0, 0.1) is 0 Å². The Kier molecular flexibility index (Phi) is 9.79. The summed E-state index contributed by atoms with van der Waals surface area (Å²) in [5.41, 5.74) is 2.36. The van der Waals surface area contributed by atoms with Crippen molar-refractivity contribution in [1.29, 1.82) is 0 Å². The van der Waals surface area contributed by atoms with E-state index in [0.29, 0.717) is 40.0 Å². The first-order valence-corrected chi connectivity index (χ1v) is 13.0. The van der Waals surface area contributed by atoms with Crippen LogP contribution >= 0.6 is 0 Å². The molecule has 42 heavy (non-hydrogen) atoms. The number of hydrogen-bond donors (Lipinski definition) is 4. The lowest BCUT2D eigenvalue weighted by Gasteiger charge is -2.26. The van der Waals surface area contributed by atoms with Gasteiger partial charge in [-0.05, 0) is 53.6 Å². The highest BCUT2D eigenvalue weighted by molar-refractivity contribution is 5.75. The minimum absolute atomic E-state index is 0.0995. The fourth-order valence-corrected chi connectivity index (χ4v) is 4.94. The molecule has 1 heterocycles. The number of phenols is 1. The van der Waals surface area contributed by atoms with E-state index in [4.69, 9.17) is 28.4 Å². The first kappa shape index (κ1) is 30.5. The number of allylic oxidation sites excluding steroid dienone is 1. The van der Waals surface area contributed by atoms with Crippen LogP contribution in [0.2, 0.25) is 0 Å². The van der Waals surface area contributed by atoms with Gasteiger partial charge in [0, 0.05) is 11.1 Å². The molecular formula is C31H34O11. The van der Waals surface area contributed by atoms with Crippen LogP contribution in [0.5, 0.6) is 40.2 Å². The molecule has 0 radical (unpaired) electrons. The molecule has 3 aromatic rings. The standard InChI is InChI=1S/C31H34O11/c1-37-23-12-18(7-8-22(23)35)28(36)27(16-34)41-31-25(39-3)13-19(14-26(31)40-4)29-21(15-33)20-10-17(6-5-9-32)11-24(38-2)30(20)42-29/h5-14,21,27-29,33-36H,15-16H2,1-4H3/b6-5+/t21-,27+,28+,29+/m0/s1. The Morgan fingerprint density at radius 3 is 2.14 bits per heavy atom. The van der Waals surface area contributed by atoms with Gasteiger partial charge in [0.1, 0.15) is 18.5 Å². The molecule has 3 aromatic carbocycles. The van der Waals surface area contributed by atoms with E-state index in [2.05, 4.69) is 0 Å². The Balaban J connectivity index is 1.70. The van der Waals surface area contributed by atoms with Crippen molar-refractivity contribution in [3.63, 3.8) is 0 Å². The molecule has 0 aromatic heterocycles. The van der Waals surface area contributed by atoms with Crippen molar-refractivity contribution >= 4 is 12.4 Å². The van der Waals surface area contributed by atoms with Crippen LogP contribution in [0.4, 0.5) is 0 Å². The maximum absolute atomic E-state index is 11.0. The Labute approximate surface area is 243 Å². The van der Waals surface area contributed by atoms with Crippen molar-refractivity contribution in [3.8, 4) is 40.2 Å². The Bertz CT molecular complexity index is 1410. The molecular weight excluding hydrogens is 548 g/mol. The zero-order valence-electron chi connectivity index (χ0n) is 23.6. The van der Waals surface area contributed by atoms with E-state index in [0.717, 1.165) is 0 Å². The highest BCUT2D eigenvalue weighted by atomic mass is 16.6. The van der Waals surface area contributed by atoms with Gasteiger partial charge in [0.05, 0.1) is 47.6 Å². The van der Waals surface area contributed by atoms with Gasteiger partial charge < -0.3 is 48.8 Å². The molecule has 11 heteroatoms. The summed E-state index contributed by atoms with van der Waals surface area (Å²) in [5.74, 6) is 1.07. The van der Waals surface area contributed by atoms with Gasteiger partial charge in [0.25, 0.3) is 0 Å². The molecule has 4 atom stereocenters. The van der Waals surface area contributed by atoms with Gasteiger partial charge in [-0.15, -0.1) is 0 Å². The normalized spacial score (nSPS) is 17.2. The van der Waals surface area contributed by atoms with E-state index in [-0.39, 0.29) is 35.4 Å². The number of carbonyl (C=O) groups is 1. The number of aliphatic hydroxyl groups is 3. The van der Waals surface area contributed by atoms with E-state index >= 15 is 0 Å². The summed E-state index contributed by atoms with van der Waals surface area (Å²) in [4.78, 5) is 10.8. The summed E-state index contributed by atoms with van der Waals surface area (Å²) < 4.78 is 34.2. The van der Waals surface area contributed by atoms with Crippen LogP contribution in [-0.2, 0) is 4.79 Å². The van der Waals surface area contributed by atoms with Crippen LogP contribution in [0.3, 0.4) is 0 Å². The second-order valence-electron chi connectivity index (χ2n) is 9.43. The quantitative estimate of drug-likeness (QED) is 0.173. The SMILES string of the molecule is COc1cc([C@@H](O)[C@@H](CO)Oc2c(OC)cc([C@H]3Oc4c(OC)cc(/C=C/C=O)cc4[C@@H]3CO)cc2OC)ccc1O. The molecule has 0 fully saturated rings. The summed E-state index contributed by atoms with van der Waals surface area (Å²) in [7, 11) is 5.76. The molecule has 0 saturated heterocycles. The largest absolute Gasteiger partial charge is 0.504 e. The van der Waals surface area contributed by atoms with Gasteiger partial charge in [-0.2, -0.15) is 0 Å². The summed E-state index contributed by atoms with van der Waals surface area (Å²) in [6.07, 6.45) is 0.561. The Morgan fingerprint density at radius 2 is 1.57 bits per heavy atom. The third-order valence-electron chi connectivity index (χ3n) is 7.06. The molecule has 1 aliphatic heterocycles. The number of phenolic OH excluding ortho intramolecular Hbond substituents is 1. The van der Waals surface area contributed by atoms with E-state index in [9.17, 15) is 25.2 Å². The molecule has 0 unspecified atom stereocenters. The van der Waals surface area contributed by atoms with Crippen molar-refractivity contribution in [1.82, 2.24) is 0 Å². The molecule has 0 aliphatic carbocycles. The van der Waals surface area contributed by atoms with Crippen molar-refractivity contribution in [2.75, 3.05) is 41.7 Å². The molecule has 0 saturated carbocycles. The van der Waals surface area contributed by atoms with E-state index in [1.807, 2.05) is 6.07 Å². The number of aldehydes is 1. The second kappa shape index (κ2) is 13.5. The summed E-state index contributed by atoms with van der Waals surface area (Å²) in [5, 5.41) is 41.4. The van der Waals surface area contributed by atoms with Gasteiger partial charge in [-0.3, -0.25) is 4.79 Å². The monoisotopic (exact) mass is 582 g/mol. The number of benzene rings is 3. The fourth-order valence-electron chi connectivity index (χ4n) is 4.94. The van der Waals surface area contributed by atoms with Crippen molar-refractivity contribution in [2.45, 2.75) is 24.2 Å². The average molecular weight is 583 g/mol. The number of rotatable bonds is 13. The number of fused-ring (bicyclic) bond motifs is 1. The number of carbonyl (C=O) groups excluding carboxylic acids is 1. The predicted octanol–water partition coefficient (Wildman–Crippen LogP) is 3.32. The molecule has 4 rings (SSSR count). The van der Waals surface area contributed by atoms with Gasteiger partial charge >= 0.3 is 0 Å². The number of hydrogen-bond acceptors (Lipinski definition) is 11. The van der Waals surface area contributed by atoms with Crippen LogP contribution in [-0.4, -0.2) is 74.5 Å². The number of methoxy groups -OCH3 is 4. The van der Waals surface area contributed by atoms with Crippen molar-refractivity contribution in [2.24, 2.45) is 0 Å². The smallest absolute Gasteiger partial charge is 0.204 e. The van der Waals surface area contributed by atoms with Gasteiger partial charge in [0.2, 0.25) is 5.75 Å². The first-order valence-electron chi connectivity index (χ1n) is 13.0. The predicted molar refractivity (Wildman–Crippen MR) is 152 cm³/mol. The van der Waals surface area contributed by atoms with E-state index in [1.165, 1.54) is 52.7 Å². The van der Waals surface area contributed by atoms with Crippen molar-refractivity contribution in [3.05, 3.63) is 70.8 Å². The maximum atomic E-state index is 11.0. The molecule has 0 amide bonds. The number of aromatic hydroxyl groups is 1. The minimum Gasteiger partial charge on any atom is -0.504 e. The minimum atomic E-state index is -1.31. The number of ether oxygens (including phenoxy) is 6. The van der Waals surface area contributed by atoms with Gasteiger partial charge in [-0.1, -0.05) is 12.1 Å². The van der Waals surface area contributed by atoms with Gasteiger partial charge in [-0.25, -0.2) is 0 Å². The summed E-state index contributed by atoms with van der Waals surface area (Å²) in [6, 6.07) is 11.2. The van der Waals surface area contributed by atoms with Gasteiger partial charge in [0.15, 0.2) is 40.6 Å². The average Bonchev–Trinajstić information content (AvgIpc) is 3.40. The molecule has 224 valence electrons. The zero-order chi connectivity index (χ0) is 30.4. The molecule has 0 bridgehead atoms. The summed E-state index contributed by atoms with van der Waals surface area (Å²) >= 11 is 0. The fraction of sp³-hybridized carbons (Fsp3) is 0.323. The maximum Gasteiger partial charge on any atom is 0.204 e. The summed E-state index contributed by atoms with van der Waals surface area (Å²) in [6.45, 7) is -0.813. The third-order valence-corrected chi connectivity index (χ3v) is 7.06. The highest BCUT2D eigenvalue weighted by Gasteiger charge is 2.39. The first-order chi connectivity index (χ1) is 20.3.